The van der Waals surface area contributed by atoms with Crippen molar-refractivity contribution in [2.75, 3.05) is 7.11 Å². The lowest BCUT2D eigenvalue weighted by atomic mass is 9.72. The largest absolute Gasteiger partial charge is 0.495 e. The summed E-state index contributed by atoms with van der Waals surface area (Å²) in [5, 5.41) is 11.4. The van der Waals surface area contributed by atoms with Gasteiger partial charge in [0, 0.05) is 0 Å². The molecule has 2 nitrogen and oxygen atoms in total. The van der Waals surface area contributed by atoms with Crippen LogP contribution in [0.3, 0.4) is 0 Å². The van der Waals surface area contributed by atoms with Gasteiger partial charge in [-0.2, -0.15) is 0 Å². The van der Waals surface area contributed by atoms with Gasteiger partial charge in [0.1, 0.15) is 5.75 Å². The van der Waals surface area contributed by atoms with Gasteiger partial charge in [-0.1, -0.05) is 37.4 Å². The van der Waals surface area contributed by atoms with Crippen molar-refractivity contribution in [3.8, 4) is 5.75 Å². The molecule has 2 unspecified atom stereocenters. The first-order valence-corrected chi connectivity index (χ1v) is 6.52. The summed E-state index contributed by atoms with van der Waals surface area (Å²) in [5.74, 6) is 0.914. The zero-order valence-corrected chi connectivity index (χ0v) is 11.1. The summed E-state index contributed by atoms with van der Waals surface area (Å²) < 4.78 is 5.21. The first-order chi connectivity index (χ1) is 8.08. The molecule has 2 atom stereocenters. The van der Waals surface area contributed by atoms with Crippen molar-refractivity contribution >= 4 is 11.6 Å². The van der Waals surface area contributed by atoms with Gasteiger partial charge in [0.25, 0.3) is 0 Å². The van der Waals surface area contributed by atoms with E-state index in [0.717, 1.165) is 24.8 Å². The van der Waals surface area contributed by atoms with Gasteiger partial charge in [-0.25, -0.2) is 0 Å². The van der Waals surface area contributed by atoms with Gasteiger partial charge in [-0.05, 0) is 36.5 Å². The molecule has 0 radical (unpaired) electrons. The zero-order chi connectivity index (χ0) is 12.5. The average molecular weight is 255 g/mol. The Labute approximate surface area is 108 Å². The number of hydrogen-bond acceptors (Lipinski definition) is 2. The van der Waals surface area contributed by atoms with E-state index >= 15 is 0 Å². The van der Waals surface area contributed by atoms with Crippen molar-refractivity contribution in [3.05, 3.63) is 28.8 Å². The lowest BCUT2D eigenvalue weighted by molar-refractivity contribution is -0.0470. The normalized spacial score (nSPS) is 29.1. The highest BCUT2D eigenvalue weighted by Crippen LogP contribution is 2.43. The molecule has 1 aromatic carbocycles. The molecule has 0 amide bonds. The second-order valence-electron chi connectivity index (χ2n) is 4.92. The number of rotatable bonds is 2. The molecule has 0 bridgehead atoms. The summed E-state index contributed by atoms with van der Waals surface area (Å²) >= 11 is 6.01. The molecule has 1 saturated carbocycles. The van der Waals surface area contributed by atoms with Crippen LogP contribution >= 0.6 is 11.6 Å². The Kier molecular flexibility index (Phi) is 3.64. The highest BCUT2D eigenvalue weighted by atomic mass is 35.5. The summed E-state index contributed by atoms with van der Waals surface area (Å²) in [5.41, 5.74) is 0.196. The minimum Gasteiger partial charge on any atom is -0.495 e. The fraction of sp³-hybridized carbons (Fsp3) is 0.571. The van der Waals surface area contributed by atoms with Crippen LogP contribution in [0, 0.1) is 5.92 Å². The molecule has 1 N–H and O–H groups in total. The van der Waals surface area contributed by atoms with E-state index in [0.29, 0.717) is 10.8 Å². The summed E-state index contributed by atoms with van der Waals surface area (Å²) in [6.07, 6.45) is 4.17. The van der Waals surface area contributed by atoms with Crippen molar-refractivity contribution in [2.24, 2.45) is 5.92 Å². The molecule has 0 saturated heterocycles. The predicted octanol–water partition coefficient (Wildman–Crippen LogP) is 3.75. The fourth-order valence-electron chi connectivity index (χ4n) is 2.69. The molecule has 94 valence electrons. The predicted molar refractivity (Wildman–Crippen MR) is 69.5 cm³/mol. The molecule has 2 rings (SSSR count). The van der Waals surface area contributed by atoms with E-state index in [2.05, 4.69) is 6.92 Å². The second kappa shape index (κ2) is 4.87. The monoisotopic (exact) mass is 254 g/mol. The van der Waals surface area contributed by atoms with Crippen LogP contribution in [0.25, 0.3) is 0 Å². The van der Waals surface area contributed by atoms with Crippen molar-refractivity contribution in [2.45, 2.75) is 38.2 Å². The number of methoxy groups -OCH3 is 1. The van der Waals surface area contributed by atoms with E-state index in [4.69, 9.17) is 16.3 Å². The molecule has 1 aromatic rings. The van der Waals surface area contributed by atoms with Gasteiger partial charge in [0.15, 0.2) is 0 Å². The third-order valence-electron chi connectivity index (χ3n) is 3.91. The fourth-order valence-corrected chi connectivity index (χ4v) is 2.88. The van der Waals surface area contributed by atoms with E-state index in [1.807, 2.05) is 12.1 Å². The van der Waals surface area contributed by atoms with Gasteiger partial charge in [-0.3, -0.25) is 0 Å². The average Bonchev–Trinajstić information content (AvgIpc) is 2.33. The van der Waals surface area contributed by atoms with Crippen LogP contribution in [-0.2, 0) is 5.60 Å². The van der Waals surface area contributed by atoms with Crippen LogP contribution in [0.15, 0.2) is 18.2 Å². The third kappa shape index (κ3) is 2.29. The first kappa shape index (κ1) is 12.7. The topological polar surface area (TPSA) is 29.5 Å². The number of aliphatic hydroxyl groups is 1. The minimum absolute atomic E-state index is 0.280. The molecule has 0 heterocycles. The Morgan fingerprint density at radius 3 is 2.82 bits per heavy atom. The van der Waals surface area contributed by atoms with E-state index in [-0.39, 0.29) is 5.92 Å². The lowest BCUT2D eigenvalue weighted by Crippen LogP contribution is -2.36. The van der Waals surface area contributed by atoms with Crippen LogP contribution < -0.4 is 4.74 Å². The molecule has 1 aliphatic carbocycles. The molecule has 0 aliphatic heterocycles. The maximum atomic E-state index is 10.8. The lowest BCUT2D eigenvalue weighted by Gasteiger charge is -2.38. The van der Waals surface area contributed by atoms with Crippen molar-refractivity contribution in [1.29, 1.82) is 0 Å². The Hall–Kier alpha value is -0.730. The van der Waals surface area contributed by atoms with Gasteiger partial charge in [-0.15, -0.1) is 0 Å². The Morgan fingerprint density at radius 2 is 2.18 bits per heavy atom. The SMILES string of the molecule is COc1cc(C2(O)CCCCC2C)ccc1Cl. The van der Waals surface area contributed by atoms with E-state index in [1.165, 1.54) is 6.42 Å². The van der Waals surface area contributed by atoms with Gasteiger partial charge in [0.2, 0.25) is 0 Å². The van der Waals surface area contributed by atoms with Gasteiger partial charge in [0.05, 0.1) is 17.7 Å². The maximum Gasteiger partial charge on any atom is 0.137 e. The highest BCUT2D eigenvalue weighted by Gasteiger charge is 2.37. The number of hydrogen-bond donors (Lipinski definition) is 1. The van der Waals surface area contributed by atoms with Crippen molar-refractivity contribution < 1.29 is 9.84 Å². The van der Waals surface area contributed by atoms with Crippen molar-refractivity contribution in [3.63, 3.8) is 0 Å². The molecule has 0 aromatic heterocycles. The standard InChI is InChI=1S/C14H19ClO2/c1-10-5-3-4-8-14(10,16)11-6-7-12(15)13(9-11)17-2/h6-7,9-10,16H,3-5,8H2,1-2H3. The Bertz CT molecular complexity index is 405. The van der Waals surface area contributed by atoms with Crippen LogP contribution in [0.2, 0.25) is 5.02 Å². The van der Waals surface area contributed by atoms with E-state index in [1.54, 1.807) is 13.2 Å². The number of benzene rings is 1. The quantitative estimate of drug-likeness (QED) is 0.871. The summed E-state index contributed by atoms with van der Waals surface area (Å²) in [4.78, 5) is 0. The van der Waals surface area contributed by atoms with Gasteiger partial charge < -0.3 is 9.84 Å². The van der Waals surface area contributed by atoms with Gasteiger partial charge >= 0.3 is 0 Å². The van der Waals surface area contributed by atoms with Crippen LogP contribution in [0.4, 0.5) is 0 Å². The molecule has 1 aliphatic rings. The summed E-state index contributed by atoms with van der Waals surface area (Å²) in [7, 11) is 1.60. The molecule has 3 heteroatoms. The molecular weight excluding hydrogens is 236 g/mol. The Balaban J connectivity index is 2.38. The molecule has 0 spiro atoms. The third-order valence-corrected chi connectivity index (χ3v) is 4.22. The zero-order valence-electron chi connectivity index (χ0n) is 10.4. The maximum absolute atomic E-state index is 10.8. The van der Waals surface area contributed by atoms with E-state index < -0.39 is 5.60 Å². The van der Waals surface area contributed by atoms with Crippen molar-refractivity contribution in [1.82, 2.24) is 0 Å². The number of ether oxygens (including phenoxy) is 1. The molecule has 1 fully saturated rings. The van der Waals surface area contributed by atoms with E-state index in [9.17, 15) is 5.11 Å². The van der Waals surface area contributed by atoms with Crippen LogP contribution in [0.1, 0.15) is 38.2 Å². The summed E-state index contributed by atoms with van der Waals surface area (Å²) in [6.45, 7) is 2.11. The van der Waals surface area contributed by atoms with Crippen LogP contribution in [0.5, 0.6) is 5.75 Å². The highest BCUT2D eigenvalue weighted by molar-refractivity contribution is 6.32. The molecule has 17 heavy (non-hydrogen) atoms. The molecular formula is C14H19ClO2. The smallest absolute Gasteiger partial charge is 0.137 e. The van der Waals surface area contributed by atoms with Crippen LogP contribution in [-0.4, -0.2) is 12.2 Å². The minimum atomic E-state index is -0.726. The summed E-state index contributed by atoms with van der Waals surface area (Å²) in [6, 6.07) is 5.58. The second-order valence-corrected chi connectivity index (χ2v) is 5.33. The Morgan fingerprint density at radius 1 is 1.41 bits per heavy atom. The first-order valence-electron chi connectivity index (χ1n) is 6.14. The number of halogens is 1.